The van der Waals surface area contributed by atoms with Gasteiger partial charge in [-0.15, -0.1) is 0 Å². The highest BCUT2D eigenvalue weighted by atomic mass is 16.5. The van der Waals surface area contributed by atoms with Crippen LogP contribution in [0.3, 0.4) is 0 Å². The van der Waals surface area contributed by atoms with Gasteiger partial charge in [0.25, 0.3) is 0 Å². The summed E-state index contributed by atoms with van der Waals surface area (Å²) in [6.07, 6.45) is 0.185. The fourth-order valence-electron chi connectivity index (χ4n) is 3.05. The zero-order valence-electron chi connectivity index (χ0n) is 15.0. The molecule has 0 amide bonds. The van der Waals surface area contributed by atoms with E-state index in [9.17, 15) is 0 Å². The molecule has 2 heterocycles. The molecule has 7 heteroatoms. The van der Waals surface area contributed by atoms with Crippen LogP contribution in [0.1, 0.15) is 25.1 Å². The maximum atomic E-state index is 8.55. The lowest BCUT2D eigenvalue weighted by Gasteiger charge is -2.32. The molecule has 0 bridgehead atoms. The number of nitrogens with two attached hydrogens (primary N) is 1. The van der Waals surface area contributed by atoms with E-state index >= 15 is 0 Å². The largest absolute Gasteiger partial charge is 0.494 e. The first-order valence-electron chi connectivity index (χ1n) is 8.51. The quantitative estimate of drug-likeness (QED) is 0.640. The summed E-state index contributed by atoms with van der Waals surface area (Å²) in [7, 11) is 1.90. The maximum absolute atomic E-state index is 8.55. The Morgan fingerprint density at radius 1 is 1.44 bits per heavy atom. The second-order valence-electron chi connectivity index (χ2n) is 6.20. The molecule has 0 saturated carbocycles. The third-order valence-electron chi connectivity index (χ3n) is 4.28. The van der Waals surface area contributed by atoms with E-state index < -0.39 is 0 Å². The van der Waals surface area contributed by atoms with Gasteiger partial charge >= 0.3 is 0 Å². The van der Waals surface area contributed by atoms with Gasteiger partial charge in [-0.25, -0.2) is 0 Å². The van der Waals surface area contributed by atoms with Crippen molar-refractivity contribution in [3.8, 4) is 5.75 Å². The molecule has 7 nitrogen and oxygen atoms in total. The predicted octanol–water partition coefficient (Wildman–Crippen LogP) is 2.04. The molecule has 3 N–H and O–H groups in total. The third-order valence-corrected chi connectivity index (χ3v) is 4.28. The average Bonchev–Trinajstić information content (AvgIpc) is 2.98. The summed E-state index contributed by atoms with van der Waals surface area (Å²) in [5.41, 5.74) is 8.13. The Bertz CT molecular complexity index is 771. The second kappa shape index (κ2) is 7.14. The SMILES string of the molecule is CCOc1ccc(N)c(C(=N)c2cc(N3CCO[C@@H](C)C3)n(C)n2)c1. The summed E-state index contributed by atoms with van der Waals surface area (Å²) in [6, 6.07) is 7.32. The van der Waals surface area contributed by atoms with Gasteiger partial charge in [0.05, 0.1) is 25.0 Å². The number of anilines is 2. The summed E-state index contributed by atoms with van der Waals surface area (Å²) in [4.78, 5) is 2.23. The molecule has 1 saturated heterocycles. The molecule has 1 aromatic heterocycles. The average molecular weight is 343 g/mol. The summed E-state index contributed by atoms with van der Waals surface area (Å²) in [5, 5.41) is 13.1. The van der Waals surface area contributed by atoms with Crippen molar-refractivity contribution >= 4 is 17.2 Å². The molecule has 1 aromatic carbocycles. The lowest BCUT2D eigenvalue weighted by Crippen LogP contribution is -2.41. The Kier molecular flexibility index (Phi) is 4.94. The monoisotopic (exact) mass is 343 g/mol. The molecular formula is C18H25N5O2. The number of aromatic nitrogens is 2. The lowest BCUT2D eigenvalue weighted by molar-refractivity contribution is 0.0527. The van der Waals surface area contributed by atoms with Crippen LogP contribution in [0.2, 0.25) is 0 Å². The Hall–Kier alpha value is -2.54. The lowest BCUT2D eigenvalue weighted by atomic mass is 10.0. The minimum Gasteiger partial charge on any atom is -0.494 e. The van der Waals surface area contributed by atoms with E-state index in [1.165, 1.54) is 0 Å². The van der Waals surface area contributed by atoms with E-state index in [-0.39, 0.29) is 6.10 Å². The van der Waals surface area contributed by atoms with Gasteiger partial charge in [-0.1, -0.05) is 0 Å². The van der Waals surface area contributed by atoms with Crippen LogP contribution in [-0.2, 0) is 11.8 Å². The molecular weight excluding hydrogens is 318 g/mol. The van der Waals surface area contributed by atoms with Gasteiger partial charge in [0.1, 0.15) is 17.3 Å². The minimum atomic E-state index is 0.185. The van der Waals surface area contributed by atoms with Crippen LogP contribution in [0.15, 0.2) is 24.3 Å². The molecule has 2 aromatic rings. The van der Waals surface area contributed by atoms with Crippen molar-refractivity contribution in [2.75, 3.05) is 36.9 Å². The zero-order valence-corrected chi connectivity index (χ0v) is 15.0. The topological polar surface area (TPSA) is 89.4 Å². The van der Waals surface area contributed by atoms with Gasteiger partial charge in [-0.3, -0.25) is 10.1 Å². The van der Waals surface area contributed by atoms with Crippen molar-refractivity contribution in [1.29, 1.82) is 5.41 Å². The molecule has 25 heavy (non-hydrogen) atoms. The van der Waals surface area contributed by atoms with Crippen molar-refractivity contribution in [1.82, 2.24) is 9.78 Å². The fourth-order valence-corrected chi connectivity index (χ4v) is 3.05. The van der Waals surface area contributed by atoms with Crippen molar-refractivity contribution < 1.29 is 9.47 Å². The molecule has 134 valence electrons. The van der Waals surface area contributed by atoms with Crippen LogP contribution in [0.25, 0.3) is 0 Å². The highest BCUT2D eigenvalue weighted by Crippen LogP contribution is 2.25. The Balaban J connectivity index is 1.88. The number of rotatable bonds is 5. The molecule has 1 aliphatic heterocycles. The second-order valence-corrected chi connectivity index (χ2v) is 6.20. The first-order valence-corrected chi connectivity index (χ1v) is 8.51. The Labute approximate surface area is 147 Å². The number of hydrogen-bond donors (Lipinski definition) is 2. The number of morpholine rings is 1. The van der Waals surface area contributed by atoms with Gasteiger partial charge in [-0.2, -0.15) is 5.10 Å². The van der Waals surface area contributed by atoms with Gasteiger partial charge in [0.2, 0.25) is 0 Å². The number of nitrogen functional groups attached to an aromatic ring is 1. The van der Waals surface area contributed by atoms with Crippen molar-refractivity contribution in [2.24, 2.45) is 7.05 Å². The number of hydrogen-bond acceptors (Lipinski definition) is 6. The standard InChI is InChI=1S/C18H25N5O2/c1-4-24-13-5-6-15(19)14(9-13)18(20)16-10-17(22(3)21-16)23-7-8-25-12(2)11-23/h5-6,9-10,12,20H,4,7-8,11,19H2,1-3H3/t12-/m0/s1. The van der Waals surface area contributed by atoms with E-state index in [1.807, 2.05) is 30.8 Å². The number of aryl methyl sites for hydroxylation is 1. The molecule has 3 rings (SSSR count). The molecule has 0 radical (unpaired) electrons. The summed E-state index contributed by atoms with van der Waals surface area (Å²) < 4.78 is 12.9. The highest BCUT2D eigenvalue weighted by Gasteiger charge is 2.22. The van der Waals surface area contributed by atoms with E-state index in [4.69, 9.17) is 20.6 Å². The van der Waals surface area contributed by atoms with Crippen LogP contribution in [0, 0.1) is 5.41 Å². The van der Waals surface area contributed by atoms with E-state index in [0.29, 0.717) is 41.6 Å². The number of nitrogens with one attached hydrogen (secondary N) is 1. The number of nitrogens with zero attached hydrogens (tertiary/aromatic N) is 3. The molecule has 1 aliphatic rings. The summed E-state index contributed by atoms with van der Waals surface area (Å²) >= 11 is 0. The van der Waals surface area contributed by atoms with Gasteiger partial charge < -0.3 is 20.1 Å². The molecule has 1 fully saturated rings. The first-order chi connectivity index (χ1) is 12.0. The minimum absolute atomic E-state index is 0.185. The van der Waals surface area contributed by atoms with Crippen molar-refractivity contribution in [3.63, 3.8) is 0 Å². The van der Waals surface area contributed by atoms with Gasteiger partial charge in [0.15, 0.2) is 0 Å². The van der Waals surface area contributed by atoms with Crippen LogP contribution >= 0.6 is 0 Å². The van der Waals surface area contributed by atoms with Crippen LogP contribution < -0.4 is 15.4 Å². The normalized spacial score (nSPS) is 17.6. The smallest absolute Gasteiger partial charge is 0.127 e. The summed E-state index contributed by atoms with van der Waals surface area (Å²) in [5.74, 6) is 1.68. The third kappa shape index (κ3) is 3.61. The van der Waals surface area contributed by atoms with E-state index in [2.05, 4.69) is 16.9 Å². The van der Waals surface area contributed by atoms with Gasteiger partial charge in [0, 0.05) is 37.5 Å². The van der Waals surface area contributed by atoms with Crippen LogP contribution in [0.4, 0.5) is 11.5 Å². The predicted molar refractivity (Wildman–Crippen MR) is 98.8 cm³/mol. The summed E-state index contributed by atoms with van der Waals surface area (Å²) in [6.45, 7) is 6.89. The fraction of sp³-hybridized carbons (Fsp3) is 0.444. The van der Waals surface area contributed by atoms with Crippen molar-refractivity contribution in [2.45, 2.75) is 20.0 Å². The van der Waals surface area contributed by atoms with Crippen molar-refractivity contribution in [3.05, 3.63) is 35.5 Å². The van der Waals surface area contributed by atoms with Gasteiger partial charge in [-0.05, 0) is 32.0 Å². The molecule has 0 spiro atoms. The zero-order chi connectivity index (χ0) is 18.0. The molecule has 0 aliphatic carbocycles. The Morgan fingerprint density at radius 2 is 2.24 bits per heavy atom. The Morgan fingerprint density at radius 3 is 2.96 bits per heavy atom. The first kappa shape index (κ1) is 17.3. The number of benzene rings is 1. The van der Waals surface area contributed by atoms with Crippen LogP contribution in [-0.4, -0.2) is 47.9 Å². The van der Waals surface area contributed by atoms with E-state index in [0.717, 1.165) is 18.9 Å². The molecule has 1 atom stereocenters. The van der Waals surface area contributed by atoms with Crippen LogP contribution in [0.5, 0.6) is 5.75 Å². The maximum Gasteiger partial charge on any atom is 0.127 e. The highest BCUT2D eigenvalue weighted by molar-refractivity contribution is 6.13. The molecule has 0 unspecified atom stereocenters. The van der Waals surface area contributed by atoms with E-state index in [1.54, 1.807) is 12.1 Å². The number of ether oxygens (including phenoxy) is 2.